The highest BCUT2D eigenvalue weighted by Gasteiger charge is 2.71. The third-order valence-corrected chi connectivity index (χ3v) is 14.4. The van der Waals surface area contributed by atoms with Gasteiger partial charge >= 0.3 is 0 Å². The van der Waals surface area contributed by atoms with Crippen molar-refractivity contribution in [2.75, 3.05) is 14.2 Å². The molecule has 1 fully saturated rings. The first kappa shape index (κ1) is 31.8. The molecule has 8 nitrogen and oxygen atoms in total. The van der Waals surface area contributed by atoms with Crippen molar-refractivity contribution < 1.29 is 38.0 Å². The van der Waals surface area contributed by atoms with Gasteiger partial charge in [0, 0.05) is 16.5 Å². The van der Waals surface area contributed by atoms with Crippen LogP contribution < -0.4 is 14.2 Å². The first-order chi connectivity index (χ1) is 21.0. The third kappa shape index (κ3) is 4.66. The number of carbonyl (C=O) groups is 1. The average molecular weight is 633 g/mol. The molecule has 3 aromatic rings. The molecule has 9 heteroatoms. The number of carbonyl (C=O) groups excluding carboxylic acids is 1. The number of Topliss-reactive ketones (excluding diaryl/α,β-unsaturated/α-hetero) is 1. The van der Waals surface area contributed by atoms with Gasteiger partial charge in [-0.25, -0.2) is 0 Å². The van der Waals surface area contributed by atoms with Gasteiger partial charge in [0.25, 0.3) is 0 Å². The van der Waals surface area contributed by atoms with Gasteiger partial charge < -0.3 is 33.2 Å². The lowest BCUT2D eigenvalue weighted by atomic mass is 9.71. The van der Waals surface area contributed by atoms with E-state index in [-0.39, 0.29) is 10.6 Å². The molecule has 1 heterocycles. The number of methoxy groups -OCH3 is 2. The quantitative estimate of drug-likeness (QED) is 0.277. The van der Waals surface area contributed by atoms with Crippen molar-refractivity contribution in [1.29, 1.82) is 0 Å². The van der Waals surface area contributed by atoms with Crippen molar-refractivity contribution in [2.24, 2.45) is 0 Å². The van der Waals surface area contributed by atoms with E-state index in [2.05, 4.69) is 33.9 Å². The van der Waals surface area contributed by atoms with Gasteiger partial charge in [-0.1, -0.05) is 63.2 Å². The minimum absolute atomic E-state index is 0.100. The van der Waals surface area contributed by atoms with Crippen LogP contribution in [0, 0.1) is 0 Å². The molecule has 1 saturated heterocycles. The predicted octanol–water partition coefficient (Wildman–Crippen LogP) is 7.06. The number of fused-ring (bicyclic) bond motifs is 6. The summed E-state index contributed by atoms with van der Waals surface area (Å²) in [6, 6.07) is 15.5. The number of aliphatic hydroxyl groups is 1. The fourth-order valence-electron chi connectivity index (χ4n) is 6.84. The second kappa shape index (κ2) is 10.4. The summed E-state index contributed by atoms with van der Waals surface area (Å²) in [5.41, 5.74) is -1.19. The summed E-state index contributed by atoms with van der Waals surface area (Å²) < 4.78 is 38.4. The Bertz CT molecular complexity index is 1710. The van der Waals surface area contributed by atoms with Gasteiger partial charge in [0.2, 0.25) is 5.78 Å². The first-order valence-corrected chi connectivity index (χ1v) is 18.3. The lowest BCUT2D eigenvalue weighted by Gasteiger charge is -2.49. The molecule has 1 unspecified atom stereocenters. The summed E-state index contributed by atoms with van der Waals surface area (Å²) in [6.07, 6.45) is 0.168. The largest absolute Gasteiger partial charge is 0.495 e. The van der Waals surface area contributed by atoms with Crippen LogP contribution in [0.3, 0.4) is 0 Å². The molecular weight excluding hydrogens is 588 g/mol. The summed E-state index contributed by atoms with van der Waals surface area (Å²) in [5.74, 6) is -0.348. The summed E-state index contributed by atoms with van der Waals surface area (Å²) in [4.78, 5) is 14.7. The van der Waals surface area contributed by atoms with E-state index >= 15 is 0 Å². The monoisotopic (exact) mass is 632 g/mol. The lowest BCUT2D eigenvalue weighted by molar-refractivity contribution is -0.173. The average Bonchev–Trinajstić information content (AvgIpc) is 3.37. The SMILES string of the molecule is COc1c2c(c(OC)c3c(OCc4ccccc4)cccc13)C(=O)C1(O)C2=C[C@@H](O[Si](C)(C)C(C)(C)C)[C@]2(C)OC(C)(C)O[C@H]12. The van der Waals surface area contributed by atoms with Gasteiger partial charge in [-0.3, -0.25) is 4.79 Å². The standard InChI is InChI=1S/C36H44O8Si/c1-33(2,3)45(9,10)43-25-19-23-27-28(31(37)36(23,38)32-35(25,6)44-34(4,5)42-32)30(40-8)26-22(29(27)39-7)17-14-18-24(26)41-20-21-15-12-11-13-16-21/h11-19,25,32,38H,20H2,1-10H3/t25-,32+,35+,36?/m1/s1. The van der Waals surface area contributed by atoms with Gasteiger partial charge in [0.05, 0.1) is 31.3 Å². The molecule has 1 N–H and O–H groups in total. The second-order valence-corrected chi connectivity index (χ2v) is 19.2. The molecule has 1 aliphatic heterocycles. The Hall–Kier alpha value is -3.21. The third-order valence-electron chi connectivity index (χ3n) is 9.98. The highest BCUT2D eigenvalue weighted by atomic mass is 28.4. The molecule has 240 valence electrons. The molecule has 6 rings (SSSR count). The van der Waals surface area contributed by atoms with Crippen LogP contribution in [0.15, 0.2) is 54.6 Å². The number of hydrogen-bond donors (Lipinski definition) is 1. The van der Waals surface area contributed by atoms with Crippen molar-refractivity contribution in [3.8, 4) is 17.2 Å². The molecule has 45 heavy (non-hydrogen) atoms. The molecule has 0 bridgehead atoms. The van der Waals surface area contributed by atoms with Gasteiger partial charge in [0.15, 0.2) is 19.7 Å². The Balaban J connectivity index is 1.60. The Kier molecular flexibility index (Phi) is 7.34. The van der Waals surface area contributed by atoms with Crippen LogP contribution in [0.4, 0.5) is 0 Å². The number of ketones is 1. The molecule has 3 aliphatic rings. The minimum Gasteiger partial charge on any atom is -0.495 e. The van der Waals surface area contributed by atoms with E-state index in [0.717, 1.165) is 5.56 Å². The first-order valence-electron chi connectivity index (χ1n) is 15.4. The van der Waals surface area contributed by atoms with E-state index in [0.29, 0.717) is 45.8 Å². The van der Waals surface area contributed by atoms with Crippen LogP contribution in [-0.4, -0.2) is 62.6 Å². The van der Waals surface area contributed by atoms with E-state index in [9.17, 15) is 9.90 Å². The van der Waals surface area contributed by atoms with Crippen molar-refractivity contribution in [1.82, 2.24) is 0 Å². The summed E-state index contributed by atoms with van der Waals surface area (Å²) in [7, 11) is 0.719. The zero-order valence-corrected chi connectivity index (χ0v) is 28.9. The molecule has 0 aromatic heterocycles. The Morgan fingerprint density at radius 3 is 2.22 bits per heavy atom. The Morgan fingerprint density at radius 1 is 0.933 bits per heavy atom. The maximum absolute atomic E-state index is 14.7. The zero-order chi connectivity index (χ0) is 32.7. The normalized spacial score (nSPS) is 27.1. The summed E-state index contributed by atoms with van der Waals surface area (Å²) >= 11 is 0. The topological polar surface area (TPSA) is 92.7 Å². The van der Waals surface area contributed by atoms with Crippen molar-refractivity contribution in [2.45, 2.75) is 95.5 Å². The minimum atomic E-state index is -2.37. The molecule has 0 amide bonds. The molecule has 0 radical (unpaired) electrons. The van der Waals surface area contributed by atoms with Gasteiger partial charge in [0.1, 0.15) is 35.6 Å². The van der Waals surface area contributed by atoms with Crippen LogP contribution in [0.5, 0.6) is 17.2 Å². The van der Waals surface area contributed by atoms with E-state index in [1.54, 1.807) is 21.0 Å². The van der Waals surface area contributed by atoms with Crippen molar-refractivity contribution in [3.05, 3.63) is 71.3 Å². The fourth-order valence-corrected chi connectivity index (χ4v) is 8.13. The van der Waals surface area contributed by atoms with E-state index < -0.39 is 43.3 Å². The highest BCUT2D eigenvalue weighted by Crippen LogP contribution is 2.61. The van der Waals surface area contributed by atoms with Crippen molar-refractivity contribution >= 4 is 30.4 Å². The molecule has 4 atom stereocenters. The molecule has 3 aromatic carbocycles. The van der Waals surface area contributed by atoms with Crippen molar-refractivity contribution in [3.63, 3.8) is 0 Å². The summed E-state index contributed by atoms with van der Waals surface area (Å²) in [5, 5.41) is 13.9. The zero-order valence-electron chi connectivity index (χ0n) is 27.9. The van der Waals surface area contributed by atoms with E-state index in [1.165, 1.54) is 7.11 Å². The van der Waals surface area contributed by atoms with Crippen LogP contribution in [0.2, 0.25) is 18.1 Å². The predicted molar refractivity (Wildman–Crippen MR) is 176 cm³/mol. The maximum Gasteiger partial charge on any atom is 0.206 e. The van der Waals surface area contributed by atoms with Gasteiger partial charge in [-0.05, 0) is 56.6 Å². The smallest absolute Gasteiger partial charge is 0.206 e. The van der Waals surface area contributed by atoms with Crippen LogP contribution in [0.1, 0.15) is 63.0 Å². The number of hydrogen-bond acceptors (Lipinski definition) is 8. The maximum atomic E-state index is 14.7. The number of ether oxygens (including phenoxy) is 5. The second-order valence-electron chi connectivity index (χ2n) is 14.4. The number of rotatable bonds is 7. The van der Waals surface area contributed by atoms with Crippen LogP contribution in [-0.2, 0) is 20.5 Å². The van der Waals surface area contributed by atoms with Gasteiger partial charge in [-0.15, -0.1) is 0 Å². The highest BCUT2D eigenvalue weighted by molar-refractivity contribution is 6.74. The molecule has 2 aliphatic carbocycles. The lowest BCUT2D eigenvalue weighted by Crippen LogP contribution is -2.65. The Morgan fingerprint density at radius 2 is 1.60 bits per heavy atom. The van der Waals surface area contributed by atoms with Crippen LogP contribution >= 0.6 is 0 Å². The van der Waals surface area contributed by atoms with Gasteiger partial charge in [-0.2, -0.15) is 0 Å². The molecule has 0 spiro atoms. The van der Waals surface area contributed by atoms with E-state index in [1.807, 2.05) is 61.5 Å². The molecular formula is C36H44O8Si. The molecule has 0 saturated carbocycles. The number of benzene rings is 3. The summed E-state index contributed by atoms with van der Waals surface area (Å²) in [6.45, 7) is 16.6. The Labute approximate surface area is 266 Å². The fraction of sp³-hybridized carbons (Fsp3) is 0.472. The van der Waals surface area contributed by atoms with E-state index in [4.69, 9.17) is 28.1 Å². The van der Waals surface area contributed by atoms with Crippen LogP contribution in [0.25, 0.3) is 16.3 Å².